The Morgan fingerprint density at radius 2 is 1.86 bits per heavy atom. The smallest absolute Gasteiger partial charge is 0.237 e. The molecular weight excluding hydrogens is 320 g/mol. The maximum Gasteiger partial charge on any atom is 0.269 e. The van der Waals surface area contributed by atoms with Crippen LogP contribution in [0.5, 0.6) is 0 Å². The first-order chi connectivity index (χ1) is 10.6. The van der Waals surface area contributed by atoms with Gasteiger partial charge in [-0.25, -0.2) is 17.4 Å². The first-order valence-electron chi connectivity index (χ1n) is 7.05. The SMILES string of the molecule is O=S(=O)(c1ccccc1)n1c(C2CC2)cc2c(Cl)ccnc21. The van der Waals surface area contributed by atoms with E-state index in [9.17, 15) is 8.42 Å². The van der Waals surface area contributed by atoms with Gasteiger partial charge in [0.25, 0.3) is 10.0 Å². The lowest BCUT2D eigenvalue weighted by Crippen LogP contribution is -2.15. The van der Waals surface area contributed by atoms with Crippen LogP contribution in [-0.2, 0) is 10.0 Å². The quantitative estimate of drug-likeness (QED) is 0.733. The van der Waals surface area contributed by atoms with E-state index in [1.807, 2.05) is 6.07 Å². The maximum atomic E-state index is 13.1. The molecule has 22 heavy (non-hydrogen) atoms. The Labute approximate surface area is 133 Å². The largest absolute Gasteiger partial charge is 0.269 e. The molecule has 0 saturated heterocycles. The third kappa shape index (κ3) is 2.04. The summed E-state index contributed by atoms with van der Waals surface area (Å²) in [5.41, 5.74) is 1.18. The highest BCUT2D eigenvalue weighted by atomic mass is 35.5. The Hall–Kier alpha value is -1.85. The van der Waals surface area contributed by atoms with Crippen LogP contribution in [0.25, 0.3) is 11.0 Å². The second kappa shape index (κ2) is 4.83. The molecule has 0 N–H and O–H groups in total. The number of nitrogens with zero attached hydrogens (tertiary/aromatic N) is 2. The molecule has 2 aromatic heterocycles. The highest BCUT2D eigenvalue weighted by Gasteiger charge is 2.33. The molecule has 3 aromatic rings. The van der Waals surface area contributed by atoms with Crippen LogP contribution in [0, 0.1) is 0 Å². The molecule has 1 aliphatic carbocycles. The van der Waals surface area contributed by atoms with Gasteiger partial charge in [0.15, 0.2) is 5.65 Å². The van der Waals surface area contributed by atoms with Crippen molar-refractivity contribution in [2.24, 2.45) is 0 Å². The Morgan fingerprint density at radius 3 is 2.55 bits per heavy atom. The molecule has 0 aliphatic heterocycles. The van der Waals surface area contributed by atoms with E-state index in [2.05, 4.69) is 4.98 Å². The lowest BCUT2D eigenvalue weighted by atomic mass is 10.2. The predicted molar refractivity (Wildman–Crippen MR) is 85.7 cm³/mol. The topological polar surface area (TPSA) is 52.0 Å². The lowest BCUT2D eigenvalue weighted by Gasteiger charge is -2.10. The number of aromatic nitrogens is 2. The standard InChI is InChI=1S/C16H13ClN2O2S/c17-14-8-9-18-16-13(14)10-15(11-6-7-11)19(16)22(20,21)12-4-2-1-3-5-12/h1-5,8-11H,6-7H2. The fourth-order valence-corrected chi connectivity index (χ4v) is 4.44. The van der Waals surface area contributed by atoms with E-state index in [4.69, 9.17) is 11.6 Å². The number of hydrogen-bond donors (Lipinski definition) is 0. The summed E-state index contributed by atoms with van der Waals surface area (Å²) < 4.78 is 27.5. The summed E-state index contributed by atoms with van der Waals surface area (Å²) in [6.45, 7) is 0. The summed E-state index contributed by atoms with van der Waals surface area (Å²) in [5.74, 6) is 0.267. The molecule has 1 aliphatic rings. The molecule has 0 radical (unpaired) electrons. The van der Waals surface area contributed by atoms with Gasteiger partial charge in [0.2, 0.25) is 0 Å². The third-order valence-corrected chi connectivity index (χ3v) is 5.97. The van der Waals surface area contributed by atoms with Crippen LogP contribution in [0.15, 0.2) is 53.6 Å². The summed E-state index contributed by atoms with van der Waals surface area (Å²) >= 11 is 6.22. The van der Waals surface area contributed by atoms with Crippen molar-refractivity contribution in [1.29, 1.82) is 0 Å². The van der Waals surface area contributed by atoms with E-state index in [-0.39, 0.29) is 10.8 Å². The first-order valence-corrected chi connectivity index (χ1v) is 8.87. The van der Waals surface area contributed by atoms with Crippen molar-refractivity contribution in [2.75, 3.05) is 0 Å². The first kappa shape index (κ1) is 13.8. The third-order valence-electron chi connectivity index (χ3n) is 3.91. The van der Waals surface area contributed by atoms with Crippen LogP contribution >= 0.6 is 11.6 Å². The number of rotatable bonds is 3. The van der Waals surface area contributed by atoms with Gasteiger partial charge < -0.3 is 0 Å². The monoisotopic (exact) mass is 332 g/mol. The van der Waals surface area contributed by atoms with Gasteiger partial charge in [-0.2, -0.15) is 0 Å². The molecule has 0 bridgehead atoms. The zero-order valence-corrected chi connectivity index (χ0v) is 13.2. The van der Waals surface area contributed by atoms with Crippen LogP contribution in [0.2, 0.25) is 5.02 Å². The van der Waals surface area contributed by atoms with E-state index >= 15 is 0 Å². The van der Waals surface area contributed by atoms with E-state index in [0.29, 0.717) is 16.1 Å². The molecule has 0 atom stereocenters. The zero-order valence-electron chi connectivity index (χ0n) is 11.6. The number of halogens is 1. The van der Waals surface area contributed by atoms with Crippen LogP contribution in [0.3, 0.4) is 0 Å². The molecule has 4 nitrogen and oxygen atoms in total. The summed E-state index contributed by atoms with van der Waals surface area (Å²) in [5, 5.41) is 1.21. The van der Waals surface area contributed by atoms with Crippen molar-refractivity contribution in [3.63, 3.8) is 0 Å². The maximum absolute atomic E-state index is 13.1. The lowest BCUT2D eigenvalue weighted by molar-refractivity contribution is 0.586. The van der Waals surface area contributed by atoms with Crippen molar-refractivity contribution >= 4 is 32.7 Å². The van der Waals surface area contributed by atoms with Gasteiger partial charge in [-0.1, -0.05) is 29.8 Å². The second-order valence-electron chi connectivity index (χ2n) is 5.46. The molecule has 6 heteroatoms. The summed E-state index contributed by atoms with van der Waals surface area (Å²) in [6.07, 6.45) is 3.54. The molecule has 0 unspecified atom stereocenters. The van der Waals surface area contributed by atoms with Gasteiger partial charge in [0.05, 0.1) is 9.92 Å². The predicted octanol–water partition coefficient (Wildman–Crippen LogP) is 3.80. The van der Waals surface area contributed by atoms with Gasteiger partial charge in [-0.15, -0.1) is 0 Å². The molecule has 0 amide bonds. The normalized spacial score (nSPS) is 15.3. The number of fused-ring (bicyclic) bond motifs is 1. The van der Waals surface area contributed by atoms with E-state index in [1.165, 1.54) is 3.97 Å². The van der Waals surface area contributed by atoms with Crippen LogP contribution < -0.4 is 0 Å². The van der Waals surface area contributed by atoms with Crippen molar-refractivity contribution in [1.82, 2.24) is 8.96 Å². The second-order valence-corrected chi connectivity index (χ2v) is 7.65. The average Bonchev–Trinajstić information content (AvgIpc) is 3.28. The van der Waals surface area contributed by atoms with Crippen molar-refractivity contribution in [2.45, 2.75) is 23.7 Å². The van der Waals surface area contributed by atoms with Gasteiger partial charge in [-0.05, 0) is 37.1 Å². The fourth-order valence-electron chi connectivity index (χ4n) is 2.68. The number of pyridine rings is 1. The van der Waals surface area contributed by atoms with Gasteiger partial charge in [-0.3, -0.25) is 0 Å². The average molecular weight is 333 g/mol. The van der Waals surface area contributed by atoms with Crippen LogP contribution in [0.1, 0.15) is 24.5 Å². The van der Waals surface area contributed by atoms with E-state index in [0.717, 1.165) is 18.5 Å². The molecule has 1 aromatic carbocycles. The minimum atomic E-state index is -3.68. The molecule has 112 valence electrons. The Bertz CT molecular complexity index is 960. The zero-order chi connectivity index (χ0) is 15.3. The molecule has 0 spiro atoms. The van der Waals surface area contributed by atoms with Gasteiger partial charge >= 0.3 is 0 Å². The van der Waals surface area contributed by atoms with Crippen molar-refractivity contribution < 1.29 is 8.42 Å². The number of benzene rings is 1. The highest BCUT2D eigenvalue weighted by Crippen LogP contribution is 2.44. The summed E-state index contributed by atoms with van der Waals surface area (Å²) in [6, 6.07) is 12.0. The molecular formula is C16H13ClN2O2S. The minimum Gasteiger partial charge on any atom is -0.237 e. The van der Waals surface area contributed by atoms with Crippen molar-refractivity contribution in [3.8, 4) is 0 Å². The Morgan fingerprint density at radius 1 is 1.14 bits per heavy atom. The fraction of sp³-hybridized carbons (Fsp3) is 0.188. The summed E-state index contributed by atoms with van der Waals surface area (Å²) in [4.78, 5) is 4.52. The van der Waals surface area contributed by atoms with Crippen LogP contribution in [0.4, 0.5) is 0 Å². The molecule has 4 rings (SSSR count). The van der Waals surface area contributed by atoms with E-state index < -0.39 is 10.0 Å². The highest BCUT2D eigenvalue weighted by molar-refractivity contribution is 7.90. The van der Waals surface area contributed by atoms with Crippen molar-refractivity contribution in [3.05, 3.63) is 59.4 Å². The van der Waals surface area contributed by atoms with E-state index in [1.54, 1.807) is 42.6 Å². The Kier molecular flexibility index (Phi) is 3.03. The van der Waals surface area contributed by atoms with Gasteiger partial charge in [0, 0.05) is 23.2 Å². The molecule has 2 heterocycles. The summed E-state index contributed by atoms with van der Waals surface area (Å²) in [7, 11) is -3.68. The van der Waals surface area contributed by atoms with Crippen LogP contribution in [-0.4, -0.2) is 17.4 Å². The molecule has 1 saturated carbocycles. The number of hydrogen-bond acceptors (Lipinski definition) is 3. The minimum absolute atomic E-state index is 0.260. The van der Waals surface area contributed by atoms with Gasteiger partial charge in [0.1, 0.15) is 0 Å². The Balaban J connectivity index is 2.06. The molecule has 1 fully saturated rings.